The molecule has 0 fully saturated rings. The first kappa shape index (κ1) is 11.1. The van der Waals surface area contributed by atoms with Crippen molar-refractivity contribution >= 4 is 11.6 Å². The summed E-state index contributed by atoms with van der Waals surface area (Å²) in [6.45, 7) is 6.95. The quantitative estimate of drug-likeness (QED) is 0.822. The minimum Gasteiger partial charge on any atom is -0.313 e. The van der Waals surface area contributed by atoms with Crippen LogP contribution in [0.4, 0.5) is 5.69 Å². The molecule has 0 saturated carbocycles. The van der Waals surface area contributed by atoms with Crippen molar-refractivity contribution in [3.05, 3.63) is 28.8 Å². The van der Waals surface area contributed by atoms with Gasteiger partial charge in [-0.25, -0.2) is 0 Å². The molecule has 0 aliphatic carbocycles. The van der Waals surface area contributed by atoms with E-state index in [1.807, 2.05) is 14.0 Å². The minimum absolute atomic E-state index is 0.144. The standard InChI is InChI=1S/C13H18N2O/c1-5-14-11-10-7-8(2)6-9(3)12(10)15(4)13(11)16/h6-7,11,14H,5H2,1-4H3. The molecule has 1 aliphatic rings. The molecule has 1 amide bonds. The van der Waals surface area contributed by atoms with Crippen molar-refractivity contribution in [3.63, 3.8) is 0 Å². The first-order chi connectivity index (χ1) is 7.56. The zero-order valence-corrected chi connectivity index (χ0v) is 10.3. The maximum atomic E-state index is 12.1. The zero-order valence-electron chi connectivity index (χ0n) is 10.3. The van der Waals surface area contributed by atoms with E-state index in [9.17, 15) is 4.79 Å². The number of nitrogens with zero attached hydrogens (tertiary/aromatic N) is 1. The summed E-state index contributed by atoms with van der Waals surface area (Å²) >= 11 is 0. The first-order valence-electron chi connectivity index (χ1n) is 5.68. The average molecular weight is 218 g/mol. The van der Waals surface area contributed by atoms with Gasteiger partial charge in [-0.05, 0) is 26.0 Å². The van der Waals surface area contributed by atoms with Crippen LogP contribution in [0.5, 0.6) is 0 Å². The number of benzene rings is 1. The van der Waals surface area contributed by atoms with Gasteiger partial charge in [-0.2, -0.15) is 0 Å². The summed E-state index contributed by atoms with van der Waals surface area (Å²) in [7, 11) is 1.85. The van der Waals surface area contributed by atoms with Crippen LogP contribution in [-0.4, -0.2) is 19.5 Å². The van der Waals surface area contributed by atoms with Gasteiger partial charge >= 0.3 is 0 Å². The van der Waals surface area contributed by atoms with Crippen molar-refractivity contribution < 1.29 is 4.79 Å². The van der Waals surface area contributed by atoms with Gasteiger partial charge in [0.2, 0.25) is 5.91 Å². The molecule has 0 radical (unpaired) electrons. The fourth-order valence-electron chi connectivity index (χ4n) is 2.51. The monoisotopic (exact) mass is 218 g/mol. The molecule has 16 heavy (non-hydrogen) atoms. The van der Waals surface area contributed by atoms with Gasteiger partial charge in [-0.15, -0.1) is 0 Å². The van der Waals surface area contributed by atoms with Gasteiger partial charge < -0.3 is 10.2 Å². The highest BCUT2D eigenvalue weighted by atomic mass is 16.2. The summed E-state index contributed by atoms with van der Waals surface area (Å²) in [4.78, 5) is 13.8. The molecular weight excluding hydrogens is 200 g/mol. The van der Waals surface area contributed by atoms with E-state index in [0.717, 1.165) is 17.8 Å². The highest BCUT2D eigenvalue weighted by Gasteiger charge is 2.35. The van der Waals surface area contributed by atoms with Crippen LogP contribution in [0, 0.1) is 13.8 Å². The number of amides is 1. The lowest BCUT2D eigenvalue weighted by atomic mass is 10.0. The Kier molecular flexibility index (Phi) is 2.72. The number of anilines is 1. The van der Waals surface area contributed by atoms with Crippen molar-refractivity contribution in [1.29, 1.82) is 0 Å². The fourth-order valence-corrected chi connectivity index (χ4v) is 2.51. The van der Waals surface area contributed by atoms with Crippen LogP contribution in [-0.2, 0) is 4.79 Å². The van der Waals surface area contributed by atoms with Crippen molar-refractivity contribution in [2.24, 2.45) is 0 Å². The lowest BCUT2D eigenvalue weighted by Gasteiger charge is -2.13. The number of carbonyl (C=O) groups excluding carboxylic acids is 1. The Morgan fingerprint density at radius 2 is 2.06 bits per heavy atom. The summed E-state index contributed by atoms with van der Waals surface area (Å²) in [6.07, 6.45) is 0. The van der Waals surface area contributed by atoms with E-state index in [0.29, 0.717) is 0 Å². The molecule has 1 aromatic carbocycles. The van der Waals surface area contributed by atoms with Crippen LogP contribution >= 0.6 is 0 Å². The Hall–Kier alpha value is -1.35. The number of carbonyl (C=O) groups is 1. The topological polar surface area (TPSA) is 32.3 Å². The molecule has 86 valence electrons. The van der Waals surface area contributed by atoms with Crippen LogP contribution in [0.25, 0.3) is 0 Å². The van der Waals surface area contributed by atoms with Gasteiger partial charge in [0, 0.05) is 12.6 Å². The summed E-state index contributed by atoms with van der Waals surface area (Å²) in [5.74, 6) is 0.144. The number of nitrogens with one attached hydrogen (secondary N) is 1. The number of fused-ring (bicyclic) bond motifs is 1. The summed E-state index contributed by atoms with van der Waals surface area (Å²) in [6, 6.07) is 4.07. The predicted molar refractivity (Wildman–Crippen MR) is 65.7 cm³/mol. The Labute approximate surface area is 96.5 Å². The average Bonchev–Trinajstić information content (AvgIpc) is 2.44. The Balaban J connectivity index is 2.56. The maximum absolute atomic E-state index is 12.1. The second-order valence-electron chi connectivity index (χ2n) is 4.41. The van der Waals surface area contributed by atoms with E-state index >= 15 is 0 Å². The third-order valence-electron chi connectivity index (χ3n) is 3.11. The normalized spacial score (nSPS) is 19.1. The Bertz CT molecular complexity index is 440. The van der Waals surface area contributed by atoms with E-state index in [1.165, 1.54) is 11.1 Å². The molecule has 0 saturated heterocycles. The van der Waals surface area contributed by atoms with Crippen LogP contribution in [0.15, 0.2) is 12.1 Å². The molecule has 1 heterocycles. The van der Waals surface area contributed by atoms with Gasteiger partial charge in [0.05, 0.1) is 5.69 Å². The highest BCUT2D eigenvalue weighted by molar-refractivity contribution is 6.05. The van der Waals surface area contributed by atoms with Crippen molar-refractivity contribution in [2.45, 2.75) is 26.8 Å². The van der Waals surface area contributed by atoms with Crippen LogP contribution in [0.1, 0.15) is 29.7 Å². The predicted octanol–water partition coefficient (Wildman–Crippen LogP) is 1.93. The van der Waals surface area contributed by atoms with Gasteiger partial charge in [0.1, 0.15) is 6.04 Å². The Morgan fingerprint density at radius 1 is 1.38 bits per heavy atom. The molecule has 0 bridgehead atoms. The summed E-state index contributed by atoms with van der Waals surface area (Å²) in [5, 5.41) is 3.24. The number of rotatable bonds is 2. The van der Waals surface area contributed by atoms with E-state index in [1.54, 1.807) is 4.90 Å². The smallest absolute Gasteiger partial charge is 0.248 e. The summed E-state index contributed by atoms with van der Waals surface area (Å²) in [5.41, 5.74) is 4.57. The van der Waals surface area contributed by atoms with Gasteiger partial charge in [0.25, 0.3) is 0 Å². The molecule has 0 spiro atoms. The maximum Gasteiger partial charge on any atom is 0.248 e. The highest BCUT2D eigenvalue weighted by Crippen LogP contribution is 2.38. The molecule has 1 aromatic rings. The molecule has 3 heteroatoms. The fraction of sp³-hybridized carbons (Fsp3) is 0.462. The minimum atomic E-state index is -0.163. The van der Waals surface area contributed by atoms with Gasteiger partial charge in [0.15, 0.2) is 0 Å². The number of likely N-dealkylation sites (N-methyl/N-ethyl adjacent to an activating group) is 2. The zero-order chi connectivity index (χ0) is 11.9. The summed E-state index contributed by atoms with van der Waals surface area (Å²) < 4.78 is 0. The van der Waals surface area contributed by atoms with Crippen LogP contribution in [0.3, 0.4) is 0 Å². The van der Waals surface area contributed by atoms with E-state index < -0.39 is 0 Å². The molecule has 3 nitrogen and oxygen atoms in total. The van der Waals surface area contributed by atoms with Crippen LogP contribution in [0.2, 0.25) is 0 Å². The van der Waals surface area contributed by atoms with E-state index in [4.69, 9.17) is 0 Å². The van der Waals surface area contributed by atoms with Crippen molar-refractivity contribution in [2.75, 3.05) is 18.5 Å². The lowest BCUT2D eigenvalue weighted by Crippen LogP contribution is -2.32. The van der Waals surface area contributed by atoms with Crippen molar-refractivity contribution in [3.8, 4) is 0 Å². The van der Waals surface area contributed by atoms with Gasteiger partial charge in [-0.3, -0.25) is 4.79 Å². The van der Waals surface area contributed by atoms with E-state index in [2.05, 4.69) is 31.3 Å². The van der Waals surface area contributed by atoms with E-state index in [-0.39, 0.29) is 11.9 Å². The third-order valence-corrected chi connectivity index (χ3v) is 3.11. The lowest BCUT2D eigenvalue weighted by molar-refractivity contribution is -0.119. The SMILES string of the molecule is CCNC1C(=O)N(C)c2c(C)cc(C)cc21. The van der Waals surface area contributed by atoms with Gasteiger partial charge in [-0.1, -0.05) is 24.6 Å². The number of aryl methyl sites for hydroxylation is 2. The molecular formula is C13H18N2O. The first-order valence-corrected chi connectivity index (χ1v) is 5.68. The molecule has 1 N–H and O–H groups in total. The van der Waals surface area contributed by atoms with Crippen molar-refractivity contribution in [1.82, 2.24) is 5.32 Å². The third kappa shape index (κ3) is 1.52. The second-order valence-corrected chi connectivity index (χ2v) is 4.41. The Morgan fingerprint density at radius 3 is 2.69 bits per heavy atom. The molecule has 0 aromatic heterocycles. The molecule has 1 unspecified atom stereocenters. The number of hydrogen-bond acceptors (Lipinski definition) is 2. The largest absolute Gasteiger partial charge is 0.313 e. The molecule has 1 atom stereocenters. The van der Waals surface area contributed by atoms with Crippen LogP contribution < -0.4 is 10.2 Å². The number of hydrogen-bond donors (Lipinski definition) is 1. The second kappa shape index (κ2) is 3.91. The molecule has 1 aliphatic heterocycles. The molecule has 2 rings (SSSR count).